The van der Waals surface area contributed by atoms with Crippen molar-refractivity contribution in [3.05, 3.63) is 68.9 Å². The first kappa shape index (κ1) is 19.4. The maximum atomic E-state index is 13.1. The highest BCUT2D eigenvalue weighted by atomic mass is 79.9. The van der Waals surface area contributed by atoms with Crippen LogP contribution in [0.4, 0.5) is 0 Å². The topological polar surface area (TPSA) is 52.0 Å². The van der Waals surface area contributed by atoms with Gasteiger partial charge < -0.3 is 0 Å². The predicted octanol–water partition coefficient (Wildman–Crippen LogP) is 5.32. The zero-order chi connectivity index (χ0) is 19.5. The van der Waals surface area contributed by atoms with Crippen molar-refractivity contribution in [2.24, 2.45) is 5.92 Å². The Labute approximate surface area is 176 Å². The molecular formula is C22H21BrN2O2S. The predicted molar refractivity (Wildman–Crippen MR) is 117 cm³/mol. The van der Waals surface area contributed by atoms with Gasteiger partial charge in [-0.05, 0) is 43.0 Å². The van der Waals surface area contributed by atoms with Gasteiger partial charge in [0.15, 0.2) is 10.9 Å². The first-order chi connectivity index (χ1) is 13.6. The number of halogens is 1. The molecule has 1 aromatic heterocycles. The molecule has 1 aliphatic carbocycles. The highest BCUT2D eigenvalue weighted by Gasteiger charge is 2.20. The summed E-state index contributed by atoms with van der Waals surface area (Å²) in [4.78, 5) is 30.4. The van der Waals surface area contributed by atoms with Crippen LogP contribution < -0.4 is 5.56 Å². The number of fused-ring (bicyclic) bond motifs is 1. The lowest BCUT2D eigenvalue weighted by Crippen LogP contribution is -2.26. The van der Waals surface area contributed by atoms with Crippen LogP contribution in [0.15, 0.2) is 63.0 Å². The third-order valence-corrected chi connectivity index (χ3v) is 6.75. The van der Waals surface area contributed by atoms with E-state index in [9.17, 15) is 9.59 Å². The summed E-state index contributed by atoms with van der Waals surface area (Å²) in [6, 6.07) is 14.8. The number of aromatic nitrogens is 2. The zero-order valence-electron chi connectivity index (χ0n) is 15.4. The fourth-order valence-electron chi connectivity index (χ4n) is 3.72. The van der Waals surface area contributed by atoms with Crippen molar-refractivity contribution in [1.82, 2.24) is 9.55 Å². The minimum absolute atomic E-state index is 0.00362. The Morgan fingerprint density at radius 1 is 1.11 bits per heavy atom. The first-order valence-corrected chi connectivity index (χ1v) is 11.3. The molecule has 0 amide bonds. The molecule has 2 aromatic carbocycles. The van der Waals surface area contributed by atoms with Crippen LogP contribution in [0.3, 0.4) is 0 Å². The van der Waals surface area contributed by atoms with E-state index in [4.69, 9.17) is 4.98 Å². The minimum Gasteiger partial charge on any atom is -0.293 e. The average molecular weight is 457 g/mol. The molecule has 0 unspecified atom stereocenters. The summed E-state index contributed by atoms with van der Waals surface area (Å²) in [5.74, 6) is 0.811. The van der Waals surface area contributed by atoms with Crippen LogP contribution in [-0.2, 0) is 6.54 Å². The Morgan fingerprint density at radius 3 is 2.57 bits per heavy atom. The van der Waals surface area contributed by atoms with Gasteiger partial charge >= 0.3 is 0 Å². The number of para-hydroxylation sites is 1. The van der Waals surface area contributed by atoms with Gasteiger partial charge in [0.25, 0.3) is 5.56 Å². The van der Waals surface area contributed by atoms with Crippen molar-refractivity contribution < 1.29 is 4.79 Å². The smallest absolute Gasteiger partial charge is 0.262 e. The molecule has 3 aromatic rings. The molecule has 28 heavy (non-hydrogen) atoms. The molecule has 0 aliphatic heterocycles. The van der Waals surface area contributed by atoms with Gasteiger partial charge in [0, 0.05) is 16.6 Å². The second-order valence-corrected chi connectivity index (χ2v) is 9.05. The summed E-state index contributed by atoms with van der Waals surface area (Å²) in [6.45, 7) is 0.686. The number of benzene rings is 2. The molecule has 6 heteroatoms. The molecule has 1 heterocycles. The van der Waals surface area contributed by atoms with Crippen LogP contribution in [-0.4, -0.2) is 21.1 Å². The molecule has 144 valence electrons. The van der Waals surface area contributed by atoms with Gasteiger partial charge in [-0.1, -0.05) is 64.8 Å². The van der Waals surface area contributed by atoms with Gasteiger partial charge in [-0.15, -0.1) is 0 Å². The largest absolute Gasteiger partial charge is 0.293 e. The van der Waals surface area contributed by atoms with E-state index in [1.807, 2.05) is 48.5 Å². The number of carbonyl (C=O) groups excluding carboxylic acids is 1. The van der Waals surface area contributed by atoms with Crippen LogP contribution in [0.25, 0.3) is 10.9 Å². The van der Waals surface area contributed by atoms with Crippen LogP contribution >= 0.6 is 27.7 Å². The van der Waals surface area contributed by atoms with E-state index < -0.39 is 0 Å². The number of hydrogen-bond donors (Lipinski definition) is 0. The van der Waals surface area contributed by atoms with Crippen molar-refractivity contribution in [2.75, 3.05) is 5.75 Å². The highest BCUT2D eigenvalue weighted by Crippen LogP contribution is 2.28. The second kappa shape index (κ2) is 8.62. The summed E-state index contributed by atoms with van der Waals surface area (Å²) in [5, 5.41) is 1.28. The summed E-state index contributed by atoms with van der Waals surface area (Å²) in [7, 11) is 0. The summed E-state index contributed by atoms with van der Waals surface area (Å²) >= 11 is 4.74. The molecule has 0 N–H and O–H groups in total. The second-order valence-electron chi connectivity index (χ2n) is 7.20. The third kappa shape index (κ3) is 4.23. The lowest BCUT2D eigenvalue weighted by molar-refractivity contribution is 0.102. The molecule has 1 aliphatic rings. The summed E-state index contributed by atoms with van der Waals surface area (Å²) in [5.41, 5.74) is 1.35. The Kier molecular flexibility index (Phi) is 5.97. The molecule has 1 saturated carbocycles. The lowest BCUT2D eigenvalue weighted by atomic mass is 10.1. The van der Waals surface area contributed by atoms with Crippen molar-refractivity contribution in [2.45, 2.75) is 37.4 Å². The zero-order valence-corrected chi connectivity index (χ0v) is 17.8. The monoisotopic (exact) mass is 456 g/mol. The molecule has 1 fully saturated rings. The van der Waals surface area contributed by atoms with Crippen molar-refractivity contribution in [1.29, 1.82) is 0 Å². The van der Waals surface area contributed by atoms with Gasteiger partial charge in [-0.25, -0.2) is 4.98 Å². The van der Waals surface area contributed by atoms with Gasteiger partial charge in [0.2, 0.25) is 0 Å². The van der Waals surface area contributed by atoms with Crippen LogP contribution in [0.2, 0.25) is 0 Å². The average Bonchev–Trinajstić information content (AvgIpc) is 3.22. The lowest BCUT2D eigenvalue weighted by Gasteiger charge is -2.16. The number of rotatable bonds is 6. The molecule has 0 saturated heterocycles. The summed E-state index contributed by atoms with van der Waals surface area (Å²) < 4.78 is 2.73. The van der Waals surface area contributed by atoms with E-state index in [1.165, 1.54) is 24.6 Å². The quantitative estimate of drug-likeness (QED) is 0.286. The van der Waals surface area contributed by atoms with Crippen molar-refractivity contribution >= 4 is 44.4 Å². The Hall–Kier alpha value is -1.92. The van der Waals surface area contributed by atoms with Gasteiger partial charge in [-0.3, -0.25) is 14.2 Å². The van der Waals surface area contributed by atoms with E-state index in [-0.39, 0.29) is 17.1 Å². The third-order valence-electron chi connectivity index (χ3n) is 5.24. The van der Waals surface area contributed by atoms with Gasteiger partial charge in [0.1, 0.15) is 0 Å². The molecule has 4 nitrogen and oxygen atoms in total. The fourth-order valence-corrected chi connectivity index (χ4v) is 4.89. The van der Waals surface area contributed by atoms with Crippen molar-refractivity contribution in [3.63, 3.8) is 0 Å². The standard InChI is InChI=1S/C22H21BrN2O2S/c23-17-11-9-16(10-12-17)20(26)14-28-22-24-19-8-4-3-7-18(19)21(27)25(22)13-15-5-1-2-6-15/h3-4,7-12,15H,1-2,5-6,13-14H2. The number of thioether (sulfide) groups is 1. The molecule has 4 rings (SSSR count). The van der Waals surface area contributed by atoms with Crippen LogP contribution in [0.1, 0.15) is 36.0 Å². The number of Topliss-reactive ketones (excluding diaryl/α,β-unsaturated/α-hetero) is 1. The fraction of sp³-hybridized carbons (Fsp3) is 0.318. The summed E-state index contributed by atoms with van der Waals surface area (Å²) in [6.07, 6.45) is 4.76. The normalized spacial score (nSPS) is 14.6. The van der Waals surface area contributed by atoms with Crippen LogP contribution in [0.5, 0.6) is 0 Å². The maximum absolute atomic E-state index is 13.1. The van der Waals surface area contributed by atoms with Gasteiger partial charge in [-0.2, -0.15) is 0 Å². The Balaban J connectivity index is 1.63. The molecular weight excluding hydrogens is 436 g/mol. The number of nitrogens with zero attached hydrogens (tertiary/aromatic N) is 2. The molecule has 0 bridgehead atoms. The van der Waals surface area contributed by atoms with E-state index >= 15 is 0 Å². The molecule has 0 radical (unpaired) electrons. The number of ketones is 1. The number of carbonyl (C=O) groups is 1. The van der Waals surface area contributed by atoms with Gasteiger partial charge in [0.05, 0.1) is 16.7 Å². The molecule has 0 atom stereocenters. The Bertz CT molecular complexity index is 1060. The Morgan fingerprint density at radius 2 is 1.82 bits per heavy atom. The van der Waals surface area contributed by atoms with Crippen molar-refractivity contribution in [3.8, 4) is 0 Å². The van der Waals surface area contributed by atoms with Crippen LogP contribution in [0, 0.1) is 5.92 Å². The van der Waals surface area contributed by atoms with E-state index in [0.29, 0.717) is 34.1 Å². The minimum atomic E-state index is -0.00362. The molecule has 0 spiro atoms. The first-order valence-electron chi connectivity index (χ1n) is 9.53. The number of hydrogen-bond acceptors (Lipinski definition) is 4. The van der Waals surface area contributed by atoms with E-state index in [2.05, 4.69) is 15.9 Å². The maximum Gasteiger partial charge on any atom is 0.262 e. The van der Waals surface area contributed by atoms with E-state index in [0.717, 1.165) is 17.3 Å². The highest BCUT2D eigenvalue weighted by molar-refractivity contribution is 9.10. The van der Waals surface area contributed by atoms with E-state index in [1.54, 1.807) is 4.57 Å². The SMILES string of the molecule is O=C(CSc1nc2ccccc2c(=O)n1CC1CCCC1)c1ccc(Br)cc1.